The fourth-order valence-corrected chi connectivity index (χ4v) is 2.75. The maximum atomic E-state index is 13.5. The van der Waals surface area contributed by atoms with Crippen molar-refractivity contribution < 1.29 is 19.0 Å². The molecule has 22 heavy (non-hydrogen) atoms. The van der Waals surface area contributed by atoms with Gasteiger partial charge >= 0.3 is 0 Å². The number of aromatic nitrogens is 2. The Bertz CT molecular complexity index is 675. The monoisotopic (exact) mass is 305 g/mol. The zero-order valence-electron chi connectivity index (χ0n) is 12.0. The van der Waals surface area contributed by atoms with Crippen LogP contribution in [0, 0.1) is 5.82 Å². The van der Waals surface area contributed by atoms with Gasteiger partial charge in [0, 0.05) is 32.5 Å². The van der Waals surface area contributed by atoms with Gasteiger partial charge in [0.25, 0.3) is 5.91 Å². The van der Waals surface area contributed by atoms with Crippen LogP contribution in [0.1, 0.15) is 28.6 Å². The van der Waals surface area contributed by atoms with E-state index in [1.807, 2.05) is 0 Å². The van der Waals surface area contributed by atoms with E-state index in [1.165, 1.54) is 12.1 Å². The molecule has 2 N–H and O–H groups in total. The summed E-state index contributed by atoms with van der Waals surface area (Å²) >= 11 is 0. The second kappa shape index (κ2) is 5.76. The van der Waals surface area contributed by atoms with Crippen LogP contribution >= 0.6 is 0 Å². The molecular formula is C15H16FN3O3. The van der Waals surface area contributed by atoms with Gasteiger partial charge in [-0.25, -0.2) is 9.37 Å². The Kier molecular flexibility index (Phi) is 3.81. The van der Waals surface area contributed by atoms with Crippen molar-refractivity contribution in [1.82, 2.24) is 14.9 Å². The highest BCUT2D eigenvalue weighted by molar-refractivity contribution is 5.97. The Morgan fingerprint density at radius 3 is 3.05 bits per heavy atom. The number of amides is 1. The van der Waals surface area contributed by atoms with Crippen molar-refractivity contribution in [3.05, 3.63) is 47.8 Å². The highest BCUT2D eigenvalue weighted by Crippen LogP contribution is 2.34. The van der Waals surface area contributed by atoms with E-state index in [9.17, 15) is 14.3 Å². The van der Waals surface area contributed by atoms with Gasteiger partial charge in [-0.05, 0) is 12.1 Å². The minimum Gasteiger partial charge on any atom is -0.504 e. The number of aromatic amines is 1. The SMILES string of the molecule is CO[C@@H]1C[C@@H](c2ncc[nH]2)N(C(=O)c2cccc(F)c2O)C1. The highest BCUT2D eigenvalue weighted by Gasteiger charge is 2.38. The lowest BCUT2D eigenvalue weighted by Crippen LogP contribution is -2.32. The second-order valence-electron chi connectivity index (χ2n) is 5.18. The second-order valence-corrected chi connectivity index (χ2v) is 5.18. The van der Waals surface area contributed by atoms with Crippen LogP contribution in [-0.4, -0.2) is 45.6 Å². The van der Waals surface area contributed by atoms with Crippen LogP contribution in [0.4, 0.5) is 4.39 Å². The number of likely N-dealkylation sites (tertiary alicyclic amines) is 1. The predicted octanol–water partition coefficient (Wildman–Crippen LogP) is 1.86. The van der Waals surface area contributed by atoms with E-state index in [1.54, 1.807) is 24.4 Å². The largest absolute Gasteiger partial charge is 0.504 e. The van der Waals surface area contributed by atoms with Gasteiger partial charge in [0.05, 0.1) is 17.7 Å². The minimum atomic E-state index is -0.817. The molecule has 116 valence electrons. The van der Waals surface area contributed by atoms with Crippen molar-refractivity contribution in [2.24, 2.45) is 0 Å². The molecule has 1 aliphatic heterocycles. The first-order valence-electron chi connectivity index (χ1n) is 6.92. The number of benzene rings is 1. The Morgan fingerprint density at radius 1 is 1.55 bits per heavy atom. The number of rotatable bonds is 3. The van der Waals surface area contributed by atoms with Gasteiger partial charge in [-0.1, -0.05) is 6.07 Å². The van der Waals surface area contributed by atoms with Gasteiger partial charge in [-0.15, -0.1) is 0 Å². The molecule has 1 aromatic heterocycles. The van der Waals surface area contributed by atoms with Crippen LogP contribution in [0.2, 0.25) is 0 Å². The van der Waals surface area contributed by atoms with Crippen molar-refractivity contribution in [3.8, 4) is 5.75 Å². The fourth-order valence-electron chi connectivity index (χ4n) is 2.75. The smallest absolute Gasteiger partial charge is 0.258 e. The maximum Gasteiger partial charge on any atom is 0.258 e. The van der Waals surface area contributed by atoms with Crippen molar-refractivity contribution in [3.63, 3.8) is 0 Å². The topological polar surface area (TPSA) is 78.5 Å². The van der Waals surface area contributed by atoms with Crippen LogP contribution in [0.3, 0.4) is 0 Å². The van der Waals surface area contributed by atoms with E-state index in [-0.39, 0.29) is 17.7 Å². The van der Waals surface area contributed by atoms with Gasteiger partial charge in [0.15, 0.2) is 11.6 Å². The number of carbonyl (C=O) groups is 1. The molecule has 2 aromatic rings. The van der Waals surface area contributed by atoms with Gasteiger partial charge in [0.1, 0.15) is 5.82 Å². The number of nitrogens with zero attached hydrogens (tertiary/aromatic N) is 2. The quantitative estimate of drug-likeness (QED) is 0.907. The van der Waals surface area contributed by atoms with Crippen LogP contribution in [0.25, 0.3) is 0 Å². The van der Waals surface area contributed by atoms with Gasteiger partial charge in [0.2, 0.25) is 0 Å². The molecule has 0 saturated carbocycles. The number of methoxy groups -OCH3 is 1. The van der Waals surface area contributed by atoms with Crippen LogP contribution in [-0.2, 0) is 4.74 Å². The van der Waals surface area contributed by atoms with Gasteiger partial charge < -0.3 is 19.7 Å². The third kappa shape index (κ3) is 2.43. The summed E-state index contributed by atoms with van der Waals surface area (Å²) in [7, 11) is 1.58. The number of nitrogens with one attached hydrogen (secondary N) is 1. The Hall–Kier alpha value is -2.41. The summed E-state index contributed by atoms with van der Waals surface area (Å²) in [5.74, 6) is -1.25. The Labute approximate surface area is 126 Å². The van der Waals surface area contributed by atoms with Crippen molar-refractivity contribution >= 4 is 5.91 Å². The number of hydrogen-bond donors (Lipinski definition) is 2. The summed E-state index contributed by atoms with van der Waals surface area (Å²) in [5, 5.41) is 9.79. The van der Waals surface area contributed by atoms with E-state index in [4.69, 9.17) is 4.74 Å². The maximum absolute atomic E-state index is 13.5. The molecule has 0 radical (unpaired) electrons. The minimum absolute atomic E-state index is 0.0618. The molecule has 1 fully saturated rings. The summed E-state index contributed by atoms with van der Waals surface area (Å²) in [6.45, 7) is 0.358. The molecule has 7 heteroatoms. The molecule has 1 aliphatic rings. The summed E-state index contributed by atoms with van der Waals surface area (Å²) in [6.07, 6.45) is 3.75. The summed E-state index contributed by atoms with van der Waals surface area (Å²) in [6, 6.07) is 3.61. The van der Waals surface area contributed by atoms with E-state index in [0.29, 0.717) is 18.8 Å². The number of carbonyl (C=O) groups excluding carboxylic acids is 1. The Balaban J connectivity index is 1.94. The fraction of sp³-hybridized carbons (Fsp3) is 0.333. The average molecular weight is 305 g/mol. The number of H-pyrrole nitrogens is 1. The molecule has 0 aliphatic carbocycles. The first-order valence-corrected chi connectivity index (χ1v) is 6.92. The van der Waals surface area contributed by atoms with Crippen molar-refractivity contribution in [1.29, 1.82) is 0 Å². The molecule has 0 bridgehead atoms. The lowest BCUT2D eigenvalue weighted by molar-refractivity contribution is 0.0681. The van der Waals surface area contributed by atoms with Crippen LogP contribution in [0.15, 0.2) is 30.6 Å². The Morgan fingerprint density at radius 2 is 2.36 bits per heavy atom. The van der Waals surface area contributed by atoms with Crippen molar-refractivity contribution in [2.75, 3.05) is 13.7 Å². The predicted molar refractivity (Wildman–Crippen MR) is 75.8 cm³/mol. The van der Waals surface area contributed by atoms with E-state index >= 15 is 0 Å². The average Bonchev–Trinajstić information content (AvgIpc) is 3.17. The number of ether oxygens (including phenoxy) is 1. The molecule has 1 saturated heterocycles. The molecular weight excluding hydrogens is 289 g/mol. The molecule has 0 unspecified atom stereocenters. The summed E-state index contributed by atoms with van der Waals surface area (Å²) in [5.41, 5.74) is -0.0618. The molecule has 1 amide bonds. The van der Waals surface area contributed by atoms with E-state index < -0.39 is 17.5 Å². The molecule has 1 aromatic carbocycles. The molecule has 2 atom stereocenters. The number of para-hydroxylation sites is 1. The number of halogens is 1. The zero-order valence-corrected chi connectivity index (χ0v) is 12.0. The number of imidazole rings is 1. The molecule has 3 rings (SSSR count). The number of aromatic hydroxyl groups is 1. The molecule has 0 spiro atoms. The number of phenolic OH excluding ortho intramolecular Hbond substituents is 1. The summed E-state index contributed by atoms with van der Waals surface area (Å²) < 4.78 is 18.8. The lowest BCUT2D eigenvalue weighted by atomic mass is 10.1. The zero-order chi connectivity index (χ0) is 15.7. The van der Waals surface area contributed by atoms with E-state index in [2.05, 4.69) is 9.97 Å². The highest BCUT2D eigenvalue weighted by atomic mass is 19.1. The summed E-state index contributed by atoms with van der Waals surface area (Å²) in [4.78, 5) is 21.4. The number of hydrogen-bond acceptors (Lipinski definition) is 4. The van der Waals surface area contributed by atoms with Crippen LogP contribution in [0.5, 0.6) is 5.75 Å². The van der Waals surface area contributed by atoms with Gasteiger partial charge in [-0.2, -0.15) is 0 Å². The first-order chi connectivity index (χ1) is 10.6. The van der Waals surface area contributed by atoms with E-state index in [0.717, 1.165) is 6.07 Å². The number of phenols is 1. The lowest BCUT2D eigenvalue weighted by Gasteiger charge is -2.23. The molecule has 2 heterocycles. The normalized spacial score (nSPS) is 21.3. The van der Waals surface area contributed by atoms with Crippen molar-refractivity contribution in [2.45, 2.75) is 18.6 Å². The van der Waals surface area contributed by atoms with Gasteiger partial charge in [-0.3, -0.25) is 4.79 Å². The first kappa shape index (κ1) is 14.5. The third-order valence-corrected chi connectivity index (χ3v) is 3.91. The third-order valence-electron chi connectivity index (χ3n) is 3.91. The molecule has 6 nitrogen and oxygen atoms in total. The standard InChI is InChI=1S/C15H16FN3O3/c1-22-9-7-12(14-17-5-6-18-14)19(8-9)15(21)10-3-2-4-11(16)13(10)20/h2-6,9,12,20H,7-8H2,1H3,(H,17,18)/t9-,12+/m1/s1. The van der Waals surface area contributed by atoms with Crippen LogP contribution < -0.4 is 0 Å².